The molecule has 0 fully saturated rings. The average Bonchev–Trinajstić information content (AvgIpc) is 3.29. The van der Waals surface area contributed by atoms with Crippen molar-refractivity contribution in [1.29, 1.82) is 0 Å². The second-order valence-electron chi connectivity index (χ2n) is 11.9. The number of Topliss-reactive ketones (excluding diaryl/α,β-unsaturated/α-hetero) is 1. The molecular formula is C33H42N2O8S2. The van der Waals surface area contributed by atoms with Crippen molar-refractivity contribution in [2.45, 2.75) is 88.5 Å². The van der Waals surface area contributed by atoms with Crippen molar-refractivity contribution < 1.29 is 38.9 Å². The van der Waals surface area contributed by atoms with Crippen molar-refractivity contribution in [3.8, 4) is 11.1 Å². The Balaban J connectivity index is 1.47. The van der Waals surface area contributed by atoms with E-state index in [9.17, 15) is 24.0 Å². The lowest BCUT2D eigenvalue weighted by molar-refractivity contribution is -0.147. The first kappa shape index (κ1) is 36.0. The Kier molecular flexibility index (Phi) is 13.8. The Bertz CT molecular complexity index is 1310. The SMILES string of the molecule is CC(C)(C)SSCC(NC(=O)OCC1c2ccccc2-c2ccccc21)C(=O)CCCCCCC(=O)NC(CC(=O)O)C(=O)O. The van der Waals surface area contributed by atoms with Gasteiger partial charge in [0.05, 0.1) is 6.42 Å². The van der Waals surface area contributed by atoms with Crippen LogP contribution in [0.1, 0.15) is 82.8 Å². The minimum Gasteiger partial charge on any atom is -0.481 e. The van der Waals surface area contributed by atoms with Gasteiger partial charge < -0.3 is 25.6 Å². The Labute approximate surface area is 271 Å². The fourth-order valence-electron chi connectivity index (χ4n) is 5.03. The van der Waals surface area contributed by atoms with Crippen LogP contribution in [0.15, 0.2) is 48.5 Å². The summed E-state index contributed by atoms with van der Waals surface area (Å²) in [6, 6.07) is 14.0. The smallest absolute Gasteiger partial charge is 0.407 e. The number of carbonyl (C=O) groups is 5. The van der Waals surface area contributed by atoms with Crippen LogP contribution in [0.3, 0.4) is 0 Å². The van der Waals surface area contributed by atoms with Crippen LogP contribution < -0.4 is 10.6 Å². The molecule has 0 saturated heterocycles. The molecule has 2 atom stereocenters. The van der Waals surface area contributed by atoms with Crippen LogP contribution in [0.4, 0.5) is 4.79 Å². The second-order valence-corrected chi connectivity index (χ2v) is 15.1. The minimum atomic E-state index is -1.47. The summed E-state index contributed by atoms with van der Waals surface area (Å²) in [7, 11) is 3.16. The molecule has 2 unspecified atom stereocenters. The quantitative estimate of drug-likeness (QED) is 0.110. The second kappa shape index (κ2) is 17.3. The van der Waals surface area contributed by atoms with Gasteiger partial charge in [-0.05, 0) is 35.1 Å². The zero-order valence-corrected chi connectivity index (χ0v) is 27.5. The lowest BCUT2D eigenvalue weighted by Crippen LogP contribution is -2.43. The molecule has 0 bridgehead atoms. The Hall–Kier alpha value is -3.51. The van der Waals surface area contributed by atoms with E-state index in [1.165, 1.54) is 10.8 Å². The summed E-state index contributed by atoms with van der Waals surface area (Å²) in [5.41, 5.74) is 4.48. The number of amides is 2. The van der Waals surface area contributed by atoms with Crippen molar-refractivity contribution in [2.75, 3.05) is 12.4 Å². The molecule has 244 valence electrons. The highest BCUT2D eigenvalue weighted by atomic mass is 33.1. The van der Waals surface area contributed by atoms with Gasteiger partial charge in [-0.15, -0.1) is 0 Å². The molecule has 2 amide bonds. The van der Waals surface area contributed by atoms with Crippen LogP contribution in [0, 0.1) is 0 Å². The number of carboxylic acid groups (broad SMARTS) is 2. The number of carbonyl (C=O) groups excluding carboxylic acids is 3. The zero-order valence-electron chi connectivity index (χ0n) is 25.9. The maximum absolute atomic E-state index is 13.2. The molecule has 0 spiro atoms. The highest BCUT2D eigenvalue weighted by Gasteiger charge is 2.30. The molecule has 1 aliphatic rings. The van der Waals surface area contributed by atoms with E-state index in [1.54, 1.807) is 10.8 Å². The first-order chi connectivity index (χ1) is 21.4. The van der Waals surface area contributed by atoms with E-state index in [2.05, 4.69) is 43.5 Å². The maximum Gasteiger partial charge on any atom is 0.407 e. The Morgan fingerprint density at radius 2 is 1.40 bits per heavy atom. The number of hydrogen-bond donors (Lipinski definition) is 4. The third-order valence-electron chi connectivity index (χ3n) is 7.16. The summed E-state index contributed by atoms with van der Waals surface area (Å²) in [4.78, 5) is 60.1. The third kappa shape index (κ3) is 11.7. The lowest BCUT2D eigenvalue weighted by atomic mass is 9.98. The van der Waals surface area contributed by atoms with Crippen LogP contribution in [0.2, 0.25) is 0 Å². The van der Waals surface area contributed by atoms with Gasteiger partial charge in [0.1, 0.15) is 18.7 Å². The molecule has 4 N–H and O–H groups in total. The van der Waals surface area contributed by atoms with E-state index < -0.39 is 42.4 Å². The predicted octanol–water partition coefficient (Wildman–Crippen LogP) is 6.03. The van der Waals surface area contributed by atoms with E-state index >= 15 is 0 Å². The highest BCUT2D eigenvalue weighted by Crippen LogP contribution is 2.44. The standard InChI is InChI=1S/C33H42N2O8S2/c1-33(2,3)45-44-20-27(28(36)16-6-4-5-7-17-29(37)34-26(31(40)41)18-30(38)39)35-32(42)43-19-25-23-14-10-8-12-21(23)22-13-9-11-15-24(22)25/h8-15,25-27H,4-7,16-20H2,1-3H3,(H,34,37)(H,35,42)(H,38,39)(H,40,41). The van der Waals surface area contributed by atoms with E-state index in [1.807, 2.05) is 36.4 Å². The first-order valence-corrected chi connectivity index (χ1v) is 17.4. The van der Waals surface area contributed by atoms with Gasteiger partial charge in [0, 0.05) is 29.3 Å². The van der Waals surface area contributed by atoms with Crippen molar-refractivity contribution in [3.63, 3.8) is 0 Å². The average molecular weight is 659 g/mol. The molecule has 0 radical (unpaired) electrons. The minimum absolute atomic E-state index is 0.0214. The molecule has 45 heavy (non-hydrogen) atoms. The summed E-state index contributed by atoms with van der Waals surface area (Å²) in [5, 5.41) is 22.9. The fourth-order valence-corrected chi connectivity index (χ4v) is 7.53. The number of ether oxygens (including phenoxy) is 1. The fraction of sp³-hybridized carbons (Fsp3) is 0.485. The molecule has 10 nitrogen and oxygen atoms in total. The summed E-state index contributed by atoms with van der Waals surface area (Å²) in [5.74, 6) is -3.02. The van der Waals surface area contributed by atoms with Crippen molar-refractivity contribution >= 4 is 51.3 Å². The number of ketones is 1. The van der Waals surface area contributed by atoms with Gasteiger partial charge in [0.15, 0.2) is 5.78 Å². The van der Waals surface area contributed by atoms with E-state index in [0.29, 0.717) is 31.4 Å². The number of hydrogen-bond acceptors (Lipinski definition) is 8. The van der Waals surface area contributed by atoms with Gasteiger partial charge in [-0.3, -0.25) is 14.4 Å². The van der Waals surface area contributed by atoms with Gasteiger partial charge in [-0.1, -0.05) is 104 Å². The predicted molar refractivity (Wildman–Crippen MR) is 176 cm³/mol. The number of unbranched alkanes of at least 4 members (excludes halogenated alkanes) is 3. The van der Waals surface area contributed by atoms with E-state index in [4.69, 9.17) is 14.9 Å². The maximum atomic E-state index is 13.2. The number of alkyl carbamates (subject to hydrolysis) is 1. The van der Waals surface area contributed by atoms with Crippen LogP contribution in [-0.2, 0) is 23.9 Å². The summed E-state index contributed by atoms with van der Waals surface area (Å²) in [6.07, 6.45) is 1.32. The van der Waals surface area contributed by atoms with Gasteiger partial charge in [-0.25, -0.2) is 9.59 Å². The van der Waals surface area contributed by atoms with Crippen LogP contribution in [0.5, 0.6) is 0 Å². The molecule has 2 aromatic carbocycles. The third-order valence-corrected chi connectivity index (χ3v) is 10.5. The largest absolute Gasteiger partial charge is 0.481 e. The number of aliphatic carboxylic acids is 2. The van der Waals surface area contributed by atoms with Crippen molar-refractivity contribution in [2.24, 2.45) is 0 Å². The lowest BCUT2D eigenvalue weighted by Gasteiger charge is -2.21. The molecular weight excluding hydrogens is 617 g/mol. The van der Waals surface area contributed by atoms with Crippen LogP contribution in [-0.4, -0.2) is 69.1 Å². The molecule has 0 aliphatic heterocycles. The number of rotatable bonds is 18. The number of fused-ring (bicyclic) bond motifs is 3. The zero-order chi connectivity index (χ0) is 33.0. The van der Waals surface area contributed by atoms with Gasteiger partial charge in [0.25, 0.3) is 0 Å². The summed E-state index contributed by atoms with van der Waals surface area (Å²) < 4.78 is 5.66. The molecule has 0 saturated carbocycles. The summed E-state index contributed by atoms with van der Waals surface area (Å²) in [6.45, 7) is 6.39. The van der Waals surface area contributed by atoms with E-state index in [-0.39, 0.29) is 35.9 Å². The molecule has 0 aromatic heterocycles. The van der Waals surface area contributed by atoms with Crippen LogP contribution >= 0.6 is 21.6 Å². The molecule has 0 heterocycles. The van der Waals surface area contributed by atoms with Gasteiger partial charge >= 0.3 is 18.0 Å². The van der Waals surface area contributed by atoms with Gasteiger partial charge in [0.2, 0.25) is 5.91 Å². The van der Waals surface area contributed by atoms with E-state index in [0.717, 1.165) is 22.3 Å². The summed E-state index contributed by atoms with van der Waals surface area (Å²) >= 11 is 0. The van der Waals surface area contributed by atoms with Crippen molar-refractivity contribution in [3.05, 3.63) is 59.7 Å². The Morgan fingerprint density at radius 1 is 0.822 bits per heavy atom. The highest BCUT2D eigenvalue weighted by molar-refractivity contribution is 8.77. The molecule has 3 rings (SSSR count). The van der Waals surface area contributed by atoms with Gasteiger partial charge in [-0.2, -0.15) is 0 Å². The topological polar surface area (TPSA) is 159 Å². The number of benzene rings is 2. The monoisotopic (exact) mass is 658 g/mol. The number of carboxylic acids is 2. The molecule has 12 heteroatoms. The molecule has 2 aromatic rings. The molecule has 1 aliphatic carbocycles. The van der Waals surface area contributed by atoms with Crippen LogP contribution in [0.25, 0.3) is 11.1 Å². The normalized spacial score (nSPS) is 13.7. The number of nitrogens with one attached hydrogen (secondary N) is 2. The first-order valence-electron chi connectivity index (χ1n) is 15.0. The Morgan fingerprint density at radius 3 is 1.96 bits per heavy atom. The van der Waals surface area contributed by atoms with Crippen molar-refractivity contribution in [1.82, 2.24) is 10.6 Å².